The number of hydrogen-bond donors (Lipinski definition) is 3. The predicted octanol–water partition coefficient (Wildman–Crippen LogP) is 5.41. The number of morpholine rings is 1. The van der Waals surface area contributed by atoms with Gasteiger partial charge in [0.2, 0.25) is 0 Å². The van der Waals surface area contributed by atoms with Crippen LogP contribution in [0, 0.1) is 5.82 Å². The molecular weight excluding hydrogens is 582 g/mol. The van der Waals surface area contributed by atoms with Crippen molar-refractivity contribution in [3.8, 4) is 11.1 Å². The number of nitrogens with two attached hydrogens (primary N) is 1. The summed E-state index contributed by atoms with van der Waals surface area (Å²) >= 11 is 5.95. The van der Waals surface area contributed by atoms with E-state index in [9.17, 15) is 18.0 Å². The van der Waals surface area contributed by atoms with Crippen LogP contribution in [0.1, 0.15) is 16.8 Å². The number of anilines is 3. The number of alkyl halides is 3. The number of amides is 2. The molecule has 2 aromatic carbocycles. The summed E-state index contributed by atoms with van der Waals surface area (Å²) in [6, 6.07) is 5.64. The van der Waals surface area contributed by atoms with Gasteiger partial charge in [0, 0.05) is 37.9 Å². The average molecular weight is 608 g/mol. The minimum Gasteiger partial charge on any atom is -0.382 e. The number of nitrogens with one attached hydrogen (secondary N) is 2. The zero-order valence-corrected chi connectivity index (χ0v) is 23.0. The van der Waals surface area contributed by atoms with E-state index < -0.39 is 23.6 Å². The lowest BCUT2D eigenvalue weighted by atomic mass is 10.0. The van der Waals surface area contributed by atoms with E-state index in [-0.39, 0.29) is 28.8 Å². The Morgan fingerprint density at radius 3 is 2.57 bits per heavy atom. The SMILES string of the molecule is COCc1c(-c2ccc(NC(=O)Nc3cc(C(F)(F)F)ccc3Cl)c(F)c2)c2c(N)ncnn2c1CN1CCOCC1. The minimum absolute atomic E-state index is 0.118. The van der Waals surface area contributed by atoms with E-state index in [1.807, 2.05) is 0 Å². The van der Waals surface area contributed by atoms with Gasteiger partial charge in [-0.05, 0) is 35.9 Å². The van der Waals surface area contributed by atoms with Crippen molar-refractivity contribution in [2.75, 3.05) is 49.8 Å². The molecule has 3 heterocycles. The van der Waals surface area contributed by atoms with Gasteiger partial charge < -0.3 is 25.8 Å². The van der Waals surface area contributed by atoms with E-state index >= 15 is 4.39 Å². The maximum absolute atomic E-state index is 15.4. The van der Waals surface area contributed by atoms with Gasteiger partial charge in [0.05, 0.1) is 47.5 Å². The summed E-state index contributed by atoms with van der Waals surface area (Å²) in [6.07, 6.45) is -3.30. The molecule has 0 bridgehead atoms. The van der Waals surface area contributed by atoms with Gasteiger partial charge in [-0.15, -0.1) is 0 Å². The molecule has 15 heteroatoms. The van der Waals surface area contributed by atoms with E-state index in [1.54, 1.807) is 17.7 Å². The lowest BCUT2D eigenvalue weighted by molar-refractivity contribution is -0.137. The number of urea groups is 1. The van der Waals surface area contributed by atoms with E-state index in [0.717, 1.165) is 36.5 Å². The van der Waals surface area contributed by atoms with Crippen LogP contribution >= 0.6 is 11.6 Å². The second-order valence-electron chi connectivity index (χ2n) is 9.49. The highest BCUT2D eigenvalue weighted by atomic mass is 35.5. The van der Waals surface area contributed by atoms with Crippen molar-refractivity contribution in [3.63, 3.8) is 0 Å². The van der Waals surface area contributed by atoms with Crippen LogP contribution in [0.5, 0.6) is 0 Å². The van der Waals surface area contributed by atoms with Gasteiger partial charge in [-0.3, -0.25) is 4.90 Å². The van der Waals surface area contributed by atoms with Crippen LogP contribution in [0.3, 0.4) is 0 Å². The molecule has 0 radical (unpaired) electrons. The topological polar surface area (TPSA) is 119 Å². The Balaban J connectivity index is 1.46. The van der Waals surface area contributed by atoms with Crippen molar-refractivity contribution in [2.24, 2.45) is 0 Å². The molecule has 2 aromatic heterocycles. The van der Waals surface area contributed by atoms with Crippen LogP contribution in [-0.4, -0.2) is 58.9 Å². The standard InChI is InChI=1S/C27H26ClF4N7O3/c1-41-13-17-22(12-38-6-8-42-9-7-38)39-24(25(33)34-14-35-39)23(17)15-2-5-20(19(29)10-15)36-26(40)37-21-11-16(27(30,31)32)3-4-18(21)28/h2-5,10-11,14H,6-9,12-13H2,1H3,(H2,33,34,35)(H2,36,37,40). The van der Waals surface area contributed by atoms with Crippen LogP contribution in [0.2, 0.25) is 5.02 Å². The van der Waals surface area contributed by atoms with Gasteiger partial charge in [0.15, 0.2) is 5.82 Å². The first-order valence-corrected chi connectivity index (χ1v) is 13.1. The van der Waals surface area contributed by atoms with Gasteiger partial charge >= 0.3 is 12.2 Å². The molecule has 1 fully saturated rings. The zero-order valence-electron chi connectivity index (χ0n) is 22.3. The van der Waals surface area contributed by atoms with Crippen molar-refractivity contribution >= 4 is 40.3 Å². The molecule has 222 valence electrons. The smallest absolute Gasteiger partial charge is 0.382 e. The number of carbonyl (C=O) groups is 1. The molecule has 1 aliphatic rings. The molecule has 42 heavy (non-hydrogen) atoms. The second-order valence-corrected chi connectivity index (χ2v) is 9.90. The Morgan fingerprint density at radius 1 is 1.14 bits per heavy atom. The first-order valence-electron chi connectivity index (χ1n) is 12.7. The molecule has 1 aliphatic heterocycles. The molecule has 0 aliphatic carbocycles. The first kappa shape index (κ1) is 29.5. The Bertz CT molecular complexity index is 1620. The van der Waals surface area contributed by atoms with Crippen molar-refractivity contribution in [3.05, 3.63) is 70.4 Å². The van der Waals surface area contributed by atoms with Crippen LogP contribution < -0.4 is 16.4 Å². The zero-order chi connectivity index (χ0) is 30.0. The number of rotatable bonds is 7. The normalized spacial score (nSPS) is 14.3. The minimum atomic E-state index is -4.64. The number of halogens is 5. The van der Waals surface area contributed by atoms with E-state index in [2.05, 4.69) is 25.6 Å². The van der Waals surface area contributed by atoms with Crippen molar-refractivity contribution in [2.45, 2.75) is 19.3 Å². The molecule has 4 aromatic rings. The summed E-state index contributed by atoms with van der Waals surface area (Å²) < 4.78 is 67.3. The molecule has 0 unspecified atom stereocenters. The van der Waals surface area contributed by atoms with Crippen LogP contribution in [0.4, 0.5) is 39.5 Å². The van der Waals surface area contributed by atoms with Gasteiger partial charge in [0.1, 0.15) is 17.7 Å². The average Bonchev–Trinajstić information content (AvgIpc) is 3.25. The van der Waals surface area contributed by atoms with Gasteiger partial charge in [-0.1, -0.05) is 17.7 Å². The fourth-order valence-electron chi connectivity index (χ4n) is 4.81. The van der Waals surface area contributed by atoms with Gasteiger partial charge in [-0.2, -0.15) is 18.3 Å². The number of aromatic nitrogens is 3. The van der Waals surface area contributed by atoms with E-state index in [1.165, 1.54) is 18.5 Å². The Labute approximate surface area is 242 Å². The first-order chi connectivity index (χ1) is 20.1. The van der Waals surface area contributed by atoms with E-state index in [4.69, 9.17) is 26.8 Å². The second kappa shape index (κ2) is 12.1. The number of nitrogens with zero attached hydrogens (tertiary/aromatic N) is 4. The molecular formula is C27H26ClF4N7O3. The van der Waals surface area contributed by atoms with Crippen LogP contribution in [0.25, 0.3) is 16.6 Å². The van der Waals surface area contributed by atoms with Gasteiger partial charge in [0.25, 0.3) is 0 Å². The fraction of sp³-hybridized carbons (Fsp3) is 0.296. The van der Waals surface area contributed by atoms with Crippen molar-refractivity contribution in [1.29, 1.82) is 0 Å². The van der Waals surface area contributed by atoms with Crippen molar-refractivity contribution < 1.29 is 31.8 Å². The fourth-order valence-corrected chi connectivity index (χ4v) is 4.98. The third-order valence-electron chi connectivity index (χ3n) is 6.77. The third-order valence-corrected chi connectivity index (χ3v) is 7.10. The number of nitrogen functional groups attached to an aromatic ring is 1. The number of carbonyl (C=O) groups excluding carboxylic acids is 1. The van der Waals surface area contributed by atoms with Crippen LogP contribution in [-0.2, 0) is 28.8 Å². The summed E-state index contributed by atoms with van der Waals surface area (Å²) in [6.45, 7) is 3.33. The largest absolute Gasteiger partial charge is 0.416 e. The lowest BCUT2D eigenvalue weighted by Crippen LogP contribution is -2.36. The van der Waals surface area contributed by atoms with Gasteiger partial charge in [-0.25, -0.2) is 18.7 Å². The number of hydrogen-bond acceptors (Lipinski definition) is 7. The highest BCUT2D eigenvalue weighted by Gasteiger charge is 2.31. The Hall–Kier alpha value is -3.98. The predicted molar refractivity (Wildman–Crippen MR) is 149 cm³/mol. The molecule has 1 saturated heterocycles. The number of ether oxygens (including phenoxy) is 2. The molecule has 0 atom stereocenters. The van der Waals surface area contributed by atoms with E-state index in [0.29, 0.717) is 42.5 Å². The molecule has 4 N–H and O–H groups in total. The third kappa shape index (κ3) is 6.11. The quantitative estimate of drug-likeness (QED) is 0.240. The van der Waals surface area contributed by atoms with Crippen molar-refractivity contribution in [1.82, 2.24) is 19.5 Å². The molecule has 0 saturated carbocycles. The summed E-state index contributed by atoms with van der Waals surface area (Å²) in [5.74, 6) is -0.615. The summed E-state index contributed by atoms with van der Waals surface area (Å²) in [4.78, 5) is 18.9. The number of benzene rings is 2. The maximum Gasteiger partial charge on any atom is 0.416 e. The molecule has 0 spiro atoms. The summed E-state index contributed by atoms with van der Waals surface area (Å²) in [5.41, 5.74) is 7.81. The van der Waals surface area contributed by atoms with Crippen LogP contribution in [0.15, 0.2) is 42.7 Å². The Kier molecular flexibility index (Phi) is 8.50. The summed E-state index contributed by atoms with van der Waals surface area (Å²) in [7, 11) is 1.54. The number of fused-ring (bicyclic) bond motifs is 1. The highest BCUT2D eigenvalue weighted by molar-refractivity contribution is 6.33. The molecule has 10 nitrogen and oxygen atoms in total. The number of methoxy groups -OCH3 is 1. The molecule has 2 amide bonds. The summed E-state index contributed by atoms with van der Waals surface area (Å²) in [5, 5.41) is 8.84. The Morgan fingerprint density at radius 2 is 1.88 bits per heavy atom. The maximum atomic E-state index is 15.4. The highest BCUT2D eigenvalue weighted by Crippen LogP contribution is 2.38. The monoisotopic (exact) mass is 607 g/mol. The lowest BCUT2D eigenvalue weighted by Gasteiger charge is -2.26. The molecule has 5 rings (SSSR count).